The second-order valence-corrected chi connectivity index (χ2v) is 5.85. The van der Waals surface area contributed by atoms with E-state index in [1.165, 1.54) is 26.1 Å². The fourth-order valence-corrected chi connectivity index (χ4v) is 2.64. The summed E-state index contributed by atoms with van der Waals surface area (Å²) >= 11 is 6.03. The maximum atomic E-state index is 12.5. The van der Waals surface area contributed by atoms with Gasteiger partial charge in [0.05, 0.1) is 16.3 Å². The molecule has 0 saturated carbocycles. The number of anilines is 1. The van der Waals surface area contributed by atoms with Gasteiger partial charge in [0.1, 0.15) is 12.1 Å². The van der Waals surface area contributed by atoms with Crippen LogP contribution in [0.4, 0.5) is 23.7 Å². The predicted octanol–water partition coefficient (Wildman–Crippen LogP) is 1.97. The van der Waals surface area contributed by atoms with Crippen LogP contribution in [-0.2, 0) is 9.59 Å². The summed E-state index contributed by atoms with van der Waals surface area (Å²) in [6.45, 7) is 0.802. The molecule has 11 heteroatoms. The SMILES string of the molecule is Cc1c(N2C(=O)C(CNC(=O)C(F)(F)F)N(C)C2=O)ccc(C#N)c1Cl. The molecule has 0 bridgehead atoms. The number of rotatable bonds is 3. The van der Waals surface area contributed by atoms with Crippen molar-refractivity contribution in [1.29, 1.82) is 5.26 Å². The highest BCUT2D eigenvalue weighted by atomic mass is 35.5. The topological polar surface area (TPSA) is 93.5 Å². The maximum absolute atomic E-state index is 12.5. The van der Waals surface area contributed by atoms with E-state index >= 15 is 0 Å². The van der Waals surface area contributed by atoms with Crippen LogP contribution in [0.15, 0.2) is 12.1 Å². The number of carbonyl (C=O) groups is 3. The van der Waals surface area contributed by atoms with Crippen LogP contribution in [0.1, 0.15) is 11.1 Å². The lowest BCUT2D eigenvalue weighted by Gasteiger charge is -2.17. The Hall–Kier alpha value is -2.80. The minimum Gasteiger partial charge on any atom is -0.346 e. The number of nitrogens with zero attached hydrogens (tertiary/aromatic N) is 3. The Morgan fingerprint density at radius 2 is 2.00 bits per heavy atom. The smallest absolute Gasteiger partial charge is 0.346 e. The summed E-state index contributed by atoms with van der Waals surface area (Å²) in [6.07, 6.45) is -5.10. The van der Waals surface area contributed by atoms with E-state index in [0.717, 1.165) is 9.80 Å². The molecule has 138 valence electrons. The van der Waals surface area contributed by atoms with Crippen LogP contribution in [0.25, 0.3) is 0 Å². The highest BCUT2D eigenvalue weighted by molar-refractivity contribution is 6.33. The molecular formula is C15H12ClF3N4O3. The van der Waals surface area contributed by atoms with Gasteiger partial charge in [-0.15, -0.1) is 0 Å². The van der Waals surface area contributed by atoms with Crippen LogP contribution in [-0.4, -0.2) is 48.6 Å². The van der Waals surface area contributed by atoms with Crippen molar-refractivity contribution in [1.82, 2.24) is 10.2 Å². The van der Waals surface area contributed by atoms with Crippen LogP contribution in [0.5, 0.6) is 0 Å². The lowest BCUT2D eigenvalue weighted by Crippen LogP contribution is -2.46. The van der Waals surface area contributed by atoms with Crippen LogP contribution in [0.3, 0.4) is 0 Å². The van der Waals surface area contributed by atoms with Gasteiger partial charge in [-0.1, -0.05) is 11.6 Å². The van der Waals surface area contributed by atoms with E-state index in [0.29, 0.717) is 5.56 Å². The third-order valence-electron chi connectivity index (χ3n) is 3.90. The number of likely N-dealkylation sites (N-methyl/N-ethyl adjacent to an activating group) is 1. The zero-order valence-electron chi connectivity index (χ0n) is 13.5. The second-order valence-electron chi connectivity index (χ2n) is 5.47. The molecular weight excluding hydrogens is 377 g/mol. The highest BCUT2D eigenvalue weighted by Crippen LogP contribution is 2.33. The van der Waals surface area contributed by atoms with E-state index in [1.807, 2.05) is 6.07 Å². The van der Waals surface area contributed by atoms with E-state index in [-0.39, 0.29) is 16.3 Å². The monoisotopic (exact) mass is 388 g/mol. The van der Waals surface area contributed by atoms with Crippen molar-refractivity contribution in [2.45, 2.75) is 19.1 Å². The number of urea groups is 1. The number of nitriles is 1. The number of amides is 4. The average Bonchev–Trinajstić information content (AvgIpc) is 2.77. The van der Waals surface area contributed by atoms with Crippen molar-refractivity contribution >= 4 is 35.1 Å². The third kappa shape index (κ3) is 3.30. The molecule has 2 rings (SSSR count). The molecule has 1 aliphatic rings. The number of hydrogen-bond donors (Lipinski definition) is 1. The highest BCUT2D eigenvalue weighted by Gasteiger charge is 2.46. The number of hydrogen-bond acceptors (Lipinski definition) is 4. The summed E-state index contributed by atoms with van der Waals surface area (Å²) in [5, 5.41) is 10.6. The standard InChI is InChI=1S/C15H12ClF3N4O3/c1-7-9(4-3-8(5-20)11(7)16)23-12(24)10(22(2)14(23)26)6-21-13(25)15(17,18)19/h3-4,10H,6H2,1-2H3,(H,21,25). The van der Waals surface area contributed by atoms with E-state index in [4.69, 9.17) is 16.9 Å². The van der Waals surface area contributed by atoms with Gasteiger partial charge in [0.25, 0.3) is 5.91 Å². The Bertz CT molecular complexity index is 835. The summed E-state index contributed by atoms with van der Waals surface area (Å²) in [5.74, 6) is -3.02. The van der Waals surface area contributed by atoms with Crippen LogP contribution in [0.2, 0.25) is 5.02 Å². The van der Waals surface area contributed by atoms with E-state index in [2.05, 4.69) is 0 Å². The molecule has 1 heterocycles. The molecule has 1 unspecified atom stereocenters. The number of benzene rings is 1. The van der Waals surface area contributed by atoms with E-state index in [9.17, 15) is 27.6 Å². The normalized spacial score (nSPS) is 17.5. The van der Waals surface area contributed by atoms with Gasteiger partial charge in [0.2, 0.25) is 0 Å². The second kappa shape index (κ2) is 6.84. The molecule has 0 aliphatic carbocycles. The van der Waals surface area contributed by atoms with Crippen LogP contribution in [0, 0.1) is 18.3 Å². The fraction of sp³-hybridized carbons (Fsp3) is 0.333. The fourth-order valence-electron chi connectivity index (χ4n) is 2.44. The largest absolute Gasteiger partial charge is 0.471 e. The first-order valence-electron chi connectivity index (χ1n) is 7.15. The van der Waals surface area contributed by atoms with Crippen molar-refractivity contribution in [2.75, 3.05) is 18.5 Å². The zero-order chi connectivity index (χ0) is 19.8. The minimum absolute atomic E-state index is 0.0575. The first-order valence-corrected chi connectivity index (χ1v) is 7.53. The van der Waals surface area contributed by atoms with Gasteiger partial charge in [-0.05, 0) is 24.6 Å². The van der Waals surface area contributed by atoms with Gasteiger partial charge >= 0.3 is 18.1 Å². The molecule has 1 saturated heterocycles. The molecule has 1 aromatic rings. The molecule has 4 amide bonds. The summed E-state index contributed by atoms with van der Waals surface area (Å²) in [4.78, 5) is 37.5. The molecule has 1 N–H and O–H groups in total. The van der Waals surface area contributed by atoms with Gasteiger partial charge in [0.15, 0.2) is 0 Å². The lowest BCUT2D eigenvalue weighted by molar-refractivity contribution is -0.173. The number of halogens is 4. The maximum Gasteiger partial charge on any atom is 0.471 e. The summed E-state index contributed by atoms with van der Waals surface area (Å²) < 4.78 is 36.8. The summed E-state index contributed by atoms with van der Waals surface area (Å²) in [7, 11) is 1.23. The number of imide groups is 1. The Labute approximate surface area is 150 Å². The quantitative estimate of drug-likeness (QED) is 0.801. The van der Waals surface area contributed by atoms with Gasteiger partial charge in [-0.3, -0.25) is 9.59 Å². The molecule has 1 aromatic carbocycles. The Morgan fingerprint density at radius 1 is 1.38 bits per heavy atom. The molecule has 1 aliphatic heterocycles. The first-order chi connectivity index (χ1) is 12.0. The van der Waals surface area contributed by atoms with Crippen molar-refractivity contribution in [2.24, 2.45) is 0 Å². The van der Waals surface area contributed by atoms with E-state index < -0.39 is 36.6 Å². The van der Waals surface area contributed by atoms with Gasteiger partial charge in [0, 0.05) is 13.6 Å². The van der Waals surface area contributed by atoms with Crippen molar-refractivity contribution in [3.05, 3.63) is 28.3 Å². The van der Waals surface area contributed by atoms with Gasteiger partial charge < -0.3 is 10.2 Å². The van der Waals surface area contributed by atoms with Crippen molar-refractivity contribution < 1.29 is 27.6 Å². The average molecular weight is 389 g/mol. The first kappa shape index (κ1) is 19.5. The van der Waals surface area contributed by atoms with Crippen LogP contribution >= 0.6 is 11.6 Å². The van der Waals surface area contributed by atoms with Crippen molar-refractivity contribution in [3.63, 3.8) is 0 Å². The zero-order valence-corrected chi connectivity index (χ0v) is 14.3. The van der Waals surface area contributed by atoms with Gasteiger partial charge in [-0.2, -0.15) is 18.4 Å². The van der Waals surface area contributed by atoms with Gasteiger partial charge in [-0.25, -0.2) is 9.69 Å². The number of alkyl halides is 3. The van der Waals surface area contributed by atoms with E-state index in [1.54, 1.807) is 5.32 Å². The summed E-state index contributed by atoms with van der Waals surface area (Å²) in [5.41, 5.74) is 0.552. The molecule has 26 heavy (non-hydrogen) atoms. The minimum atomic E-state index is -5.10. The molecule has 1 fully saturated rings. The molecule has 0 aromatic heterocycles. The third-order valence-corrected chi connectivity index (χ3v) is 4.39. The molecule has 0 radical (unpaired) electrons. The molecule has 7 nitrogen and oxygen atoms in total. The predicted molar refractivity (Wildman–Crippen MR) is 84.4 cm³/mol. The lowest BCUT2D eigenvalue weighted by atomic mass is 10.1. The Balaban J connectivity index is 2.30. The molecule has 1 atom stereocenters. The van der Waals surface area contributed by atoms with Crippen LogP contribution < -0.4 is 10.2 Å². The Morgan fingerprint density at radius 3 is 2.54 bits per heavy atom. The van der Waals surface area contributed by atoms with Crippen molar-refractivity contribution in [3.8, 4) is 6.07 Å². The Kier molecular flexibility index (Phi) is 5.13. The molecule has 0 spiro atoms. The number of nitrogens with one attached hydrogen (secondary N) is 1. The summed E-state index contributed by atoms with van der Waals surface area (Å²) in [6, 6.07) is 2.44. The number of carbonyl (C=O) groups excluding carboxylic acids is 3.